The summed E-state index contributed by atoms with van der Waals surface area (Å²) in [5.41, 5.74) is 8.23. The van der Waals surface area contributed by atoms with Crippen LogP contribution in [0.3, 0.4) is 0 Å². The summed E-state index contributed by atoms with van der Waals surface area (Å²) in [7, 11) is 0. The minimum atomic E-state index is -0.0386. The molecule has 1 heterocycles. The van der Waals surface area contributed by atoms with Gasteiger partial charge in [0.2, 0.25) is 0 Å². The van der Waals surface area contributed by atoms with Crippen molar-refractivity contribution in [2.24, 2.45) is 11.6 Å². The first-order chi connectivity index (χ1) is 8.33. The molecular weight excluding hydrogens is 216 g/mol. The van der Waals surface area contributed by atoms with Gasteiger partial charge in [0.05, 0.1) is 19.4 Å². The molecule has 1 rings (SSSR count). The standard InChI is InChI=1S/C12H28N4O/c13-12(15-14)6-4-2-1-3-5-7-16-8-10-17-11-9-16/h12,15H,1-11,13-14H2. The molecule has 0 spiro atoms. The lowest BCUT2D eigenvalue weighted by atomic mass is 10.1. The van der Waals surface area contributed by atoms with Crippen molar-refractivity contribution in [3.63, 3.8) is 0 Å². The Balaban J connectivity index is 1.80. The topological polar surface area (TPSA) is 76.5 Å². The fourth-order valence-corrected chi connectivity index (χ4v) is 2.14. The first kappa shape index (κ1) is 14.9. The van der Waals surface area contributed by atoms with E-state index in [2.05, 4.69) is 10.3 Å². The lowest BCUT2D eigenvalue weighted by molar-refractivity contribution is 0.0371. The lowest BCUT2D eigenvalue weighted by Gasteiger charge is -2.26. The van der Waals surface area contributed by atoms with E-state index in [9.17, 15) is 0 Å². The van der Waals surface area contributed by atoms with E-state index in [1.54, 1.807) is 0 Å². The predicted molar refractivity (Wildman–Crippen MR) is 70.3 cm³/mol. The smallest absolute Gasteiger partial charge is 0.0676 e. The normalized spacial score (nSPS) is 19.4. The Kier molecular flexibility index (Phi) is 8.56. The van der Waals surface area contributed by atoms with Gasteiger partial charge in [0.1, 0.15) is 0 Å². The van der Waals surface area contributed by atoms with Gasteiger partial charge in [0.15, 0.2) is 0 Å². The molecular formula is C12H28N4O. The van der Waals surface area contributed by atoms with Crippen LogP contribution in [-0.4, -0.2) is 43.9 Å². The summed E-state index contributed by atoms with van der Waals surface area (Å²) in [6.07, 6.45) is 7.30. The molecule has 1 saturated heterocycles. The van der Waals surface area contributed by atoms with Crippen molar-refractivity contribution in [2.45, 2.75) is 44.7 Å². The summed E-state index contributed by atoms with van der Waals surface area (Å²) in [4.78, 5) is 2.50. The molecule has 0 aromatic carbocycles. The minimum absolute atomic E-state index is 0.0386. The Morgan fingerprint density at radius 2 is 1.71 bits per heavy atom. The van der Waals surface area contributed by atoms with E-state index in [0.717, 1.165) is 32.7 Å². The number of hydrogen-bond acceptors (Lipinski definition) is 5. The third-order valence-corrected chi connectivity index (χ3v) is 3.31. The van der Waals surface area contributed by atoms with Gasteiger partial charge < -0.3 is 10.5 Å². The van der Waals surface area contributed by atoms with Crippen LogP contribution < -0.4 is 17.0 Å². The van der Waals surface area contributed by atoms with Crippen molar-refractivity contribution in [3.8, 4) is 0 Å². The third kappa shape index (κ3) is 7.68. The van der Waals surface area contributed by atoms with Crippen molar-refractivity contribution in [3.05, 3.63) is 0 Å². The molecule has 1 aliphatic heterocycles. The number of ether oxygens (including phenoxy) is 1. The molecule has 0 aliphatic carbocycles. The van der Waals surface area contributed by atoms with Gasteiger partial charge >= 0.3 is 0 Å². The molecule has 0 saturated carbocycles. The van der Waals surface area contributed by atoms with Gasteiger partial charge in [-0.3, -0.25) is 10.7 Å². The van der Waals surface area contributed by atoms with Crippen molar-refractivity contribution in [1.29, 1.82) is 0 Å². The van der Waals surface area contributed by atoms with Gasteiger partial charge in [-0.05, 0) is 19.4 Å². The molecule has 17 heavy (non-hydrogen) atoms. The van der Waals surface area contributed by atoms with Gasteiger partial charge in [-0.1, -0.05) is 25.7 Å². The van der Waals surface area contributed by atoms with Crippen LogP contribution in [0.25, 0.3) is 0 Å². The second-order valence-electron chi connectivity index (χ2n) is 4.78. The largest absolute Gasteiger partial charge is 0.379 e. The molecule has 1 unspecified atom stereocenters. The molecule has 1 aliphatic rings. The number of morpholine rings is 1. The fourth-order valence-electron chi connectivity index (χ4n) is 2.14. The Bertz CT molecular complexity index is 174. The summed E-state index contributed by atoms with van der Waals surface area (Å²) >= 11 is 0. The number of hydrogen-bond donors (Lipinski definition) is 3. The molecule has 0 aromatic rings. The number of hydrazine groups is 1. The summed E-state index contributed by atoms with van der Waals surface area (Å²) in [6, 6.07) is 0. The maximum Gasteiger partial charge on any atom is 0.0676 e. The van der Waals surface area contributed by atoms with Crippen LogP contribution >= 0.6 is 0 Å². The van der Waals surface area contributed by atoms with Crippen molar-refractivity contribution in [2.75, 3.05) is 32.8 Å². The second-order valence-corrected chi connectivity index (χ2v) is 4.78. The predicted octanol–water partition coefficient (Wildman–Crippen LogP) is 0.407. The highest BCUT2D eigenvalue weighted by Gasteiger charge is 2.08. The van der Waals surface area contributed by atoms with E-state index >= 15 is 0 Å². The van der Waals surface area contributed by atoms with Gasteiger partial charge in [-0.2, -0.15) is 0 Å². The molecule has 0 bridgehead atoms. The van der Waals surface area contributed by atoms with Crippen molar-refractivity contribution < 1.29 is 4.74 Å². The number of nitrogens with one attached hydrogen (secondary N) is 1. The zero-order chi connectivity index (χ0) is 12.3. The molecule has 1 fully saturated rings. The molecule has 5 N–H and O–H groups in total. The minimum Gasteiger partial charge on any atom is -0.379 e. The summed E-state index contributed by atoms with van der Waals surface area (Å²) in [5.74, 6) is 5.23. The third-order valence-electron chi connectivity index (χ3n) is 3.31. The number of nitrogens with two attached hydrogens (primary N) is 2. The Labute approximate surface area is 105 Å². The Morgan fingerprint density at radius 1 is 1.06 bits per heavy atom. The SMILES string of the molecule is NNC(N)CCCCCCCN1CCOCC1. The molecule has 1 atom stereocenters. The van der Waals surface area contributed by atoms with Crippen LogP contribution in [0.15, 0.2) is 0 Å². The highest BCUT2D eigenvalue weighted by Crippen LogP contribution is 2.07. The highest BCUT2D eigenvalue weighted by molar-refractivity contribution is 4.61. The quantitative estimate of drug-likeness (QED) is 0.237. The second kappa shape index (κ2) is 9.79. The molecule has 102 valence electrons. The zero-order valence-electron chi connectivity index (χ0n) is 10.9. The monoisotopic (exact) mass is 244 g/mol. The van der Waals surface area contributed by atoms with Gasteiger partial charge in [-0.15, -0.1) is 0 Å². The number of unbranched alkanes of at least 4 members (excludes halogenated alkanes) is 4. The summed E-state index contributed by atoms with van der Waals surface area (Å²) < 4.78 is 5.32. The van der Waals surface area contributed by atoms with E-state index in [4.69, 9.17) is 16.3 Å². The van der Waals surface area contributed by atoms with E-state index in [0.29, 0.717) is 0 Å². The average molecular weight is 244 g/mol. The maximum atomic E-state index is 5.66. The zero-order valence-corrected chi connectivity index (χ0v) is 10.9. The number of nitrogens with zero attached hydrogens (tertiary/aromatic N) is 1. The number of rotatable bonds is 9. The van der Waals surface area contributed by atoms with Crippen LogP contribution in [0.2, 0.25) is 0 Å². The van der Waals surface area contributed by atoms with Crippen LogP contribution in [-0.2, 0) is 4.74 Å². The first-order valence-corrected chi connectivity index (χ1v) is 6.84. The van der Waals surface area contributed by atoms with Crippen molar-refractivity contribution in [1.82, 2.24) is 10.3 Å². The van der Waals surface area contributed by atoms with E-state index in [1.165, 1.54) is 38.6 Å². The molecule has 5 nitrogen and oxygen atoms in total. The van der Waals surface area contributed by atoms with Crippen molar-refractivity contribution >= 4 is 0 Å². The molecule has 5 heteroatoms. The van der Waals surface area contributed by atoms with Crippen LogP contribution in [0.5, 0.6) is 0 Å². The van der Waals surface area contributed by atoms with Gasteiger partial charge in [0, 0.05) is 13.1 Å². The van der Waals surface area contributed by atoms with Crippen LogP contribution in [0, 0.1) is 0 Å². The van der Waals surface area contributed by atoms with E-state index in [-0.39, 0.29) is 6.17 Å². The summed E-state index contributed by atoms with van der Waals surface area (Å²) in [6.45, 7) is 5.26. The molecule has 0 amide bonds. The lowest BCUT2D eigenvalue weighted by Crippen LogP contribution is -2.41. The van der Waals surface area contributed by atoms with E-state index < -0.39 is 0 Å². The summed E-state index contributed by atoms with van der Waals surface area (Å²) in [5, 5.41) is 0. The maximum absolute atomic E-state index is 5.66. The van der Waals surface area contributed by atoms with E-state index in [1.807, 2.05) is 0 Å². The highest BCUT2D eigenvalue weighted by atomic mass is 16.5. The van der Waals surface area contributed by atoms with Crippen LogP contribution in [0.1, 0.15) is 38.5 Å². The van der Waals surface area contributed by atoms with Crippen LogP contribution in [0.4, 0.5) is 0 Å². The van der Waals surface area contributed by atoms with Gasteiger partial charge in [-0.25, -0.2) is 5.43 Å². The first-order valence-electron chi connectivity index (χ1n) is 6.84. The molecule has 0 radical (unpaired) electrons. The Hall–Kier alpha value is -0.200. The van der Waals surface area contributed by atoms with Gasteiger partial charge in [0.25, 0.3) is 0 Å². The average Bonchev–Trinajstić information content (AvgIpc) is 2.38. The molecule has 0 aromatic heterocycles. The Morgan fingerprint density at radius 3 is 2.41 bits per heavy atom. The fraction of sp³-hybridized carbons (Fsp3) is 1.00.